The Balaban J connectivity index is 1.64. The van der Waals surface area contributed by atoms with Crippen LogP contribution in [0, 0.1) is 0 Å². The molecular formula is C13H24OSi. The first kappa shape index (κ1) is 10.3. The zero-order chi connectivity index (χ0) is 10.1. The van der Waals surface area contributed by atoms with Crippen molar-refractivity contribution in [2.75, 3.05) is 6.61 Å². The minimum absolute atomic E-state index is 0.552. The molecular weight excluding hydrogens is 200 g/mol. The van der Waals surface area contributed by atoms with Gasteiger partial charge in [0.2, 0.25) is 0 Å². The molecule has 0 aromatic carbocycles. The average Bonchev–Trinajstić information content (AvgIpc) is 2.13. The van der Waals surface area contributed by atoms with Gasteiger partial charge in [-0.15, -0.1) is 0 Å². The third-order valence-electron chi connectivity index (χ3n) is 5.03. The molecule has 0 spiro atoms. The third-order valence-corrected chi connectivity index (χ3v) is 9.93. The number of ether oxygens (including phenoxy) is 1. The third kappa shape index (κ3) is 2.03. The molecule has 1 saturated heterocycles. The van der Waals surface area contributed by atoms with Crippen LogP contribution >= 0.6 is 0 Å². The van der Waals surface area contributed by atoms with Crippen LogP contribution < -0.4 is 0 Å². The molecule has 1 atom stereocenters. The summed E-state index contributed by atoms with van der Waals surface area (Å²) in [6.45, 7) is 1.08. The van der Waals surface area contributed by atoms with E-state index in [1.165, 1.54) is 43.2 Å². The SMILES string of the molecule is C1CCC([SiH](C2CCC2)C2CCC2)OC1. The molecule has 3 rings (SSSR count). The predicted molar refractivity (Wildman–Crippen MR) is 65.9 cm³/mol. The quantitative estimate of drug-likeness (QED) is 0.667. The Morgan fingerprint density at radius 3 is 1.80 bits per heavy atom. The van der Waals surface area contributed by atoms with Gasteiger partial charge in [0.25, 0.3) is 0 Å². The molecule has 2 aliphatic carbocycles. The minimum atomic E-state index is -0.552. The van der Waals surface area contributed by atoms with Crippen molar-refractivity contribution in [3.63, 3.8) is 0 Å². The van der Waals surface area contributed by atoms with Crippen molar-refractivity contribution in [2.45, 2.75) is 74.6 Å². The van der Waals surface area contributed by atoms with Gasteiger partial charge in [0, 0.05) is 12.3 Å². The van der Waals surface area contributed by atoms with Crippen LogP contribution in [0.4, 0.5) is 0 Å². The van der Waals surface area contributed by atoms with Crippen LogP contribution in [0.5, 0.6) is 0 Å². The highest BCUT2D eigenvalue weighted by Crippen LogP contribution is 2.48. The van der Waals surface area contributed by atoms with Crippen molar-refractivity contribution in [2.24, 2.45) is 0 Å². The second-order valence-electron chi connectivity index (χ2n) is 5.86. The lowest BCUT2D eigenvalue weighted by Gasteiger charge is -2.46. The van der Waals surface area contributed by atoms with Crippen molar-refractivity contribution < 1.29 is 4.74 Å². The Kier molecular flexibility index (Phi) is 3.16. The molecule has 15 heavy (non-hydrogen) atoms. The van der Waals surface area contributed by atoms with E-state index in [2.05, 4.69) is 0 Å². The molecule has 3 aliphatic rings. The van der Waals surface area contributed by atoms with Gasteiger partial charge in [0.1, 0.15) is 0 Å². The zero-order valence-corrected chi connectivity index (χ0v) is 10.9. The molecule has 0 N–H and O–H groups in total. The lowest BCUT2D eigenvalue weighted by Crippen LogP contribution is -2.46. The van der Waals surface area contributed by atoms with Crippen molar-refractivity contribution >= 4 is 8.80 Å². The van der Waals surface area contributed by atoms with E-state index in [4.69, 9.17) is 4.74 Å². The predicted octanol–water partition coefficient (Wildman–Crippen LogP) is 3.43. The summed E-state index contributed by atoms with van der Waals surface area (Å²) < 4.78 is 6.12. The first-order valence-electron chi connectivity index (χ1n) is 7.07. The first-order valence-corrected chi connectivity index (χ1v) is 9.07. The summed E-state index contributed by atoms with van der Waals surface area (Å²) in [5, 5.41) is 0. The Hall–Kier alpha value is 0.177. The van der Waals surface area contributed by atoms with Gasteiger partial charge in [-0.25, -0.2) is 0 Å². The number of hydrogen-bond acceptors (Lipinski definition) is 1. The largest absolute Gasteiger partial charge is 0.382 e. The summed E-state index contributed by atoms with van der Waals surface area (Å²) in [5.41, 5.74) is 3.14. The van der Waals surface area contributed by atoms with Crippen molar-refractivity contribution in [1.82, 2.24) is 0 Å². The van der Waals surface area contributed by atoms with Gasteiger partial charge >= 0.3 is 0 Å². The molecule has 2 saturated carbocycles. The molecule has 86 valence electrons. The van der Waals surface area contributed by atoms with Gasteiger partial charge in [0.15, 0.2) is 0 Å². The van der Waals surface area contributed by atoms with Crippen LogP contribution in [-0.2, 0) is 4.74 Å². The van der Waals surface area contributed by atoms with E-state index in [1.54, 1.807) is 25.7 Å². The highest BCUT2D eigenvalue weighted by Gasteiger charge is 2.42. The monoisotopic (exact) mass is 224 g/mol. The van der Waals surface area contributed by atoms with Crippen LogP contribution in [-0.4, -0.2) is 21.1 Å². The highest BCUT2D eigenvalue weighted by molar-refractivity contribution is 6.64. The Labute approximate surface area is 95.2 Å². The van der Waals surface area contributed by atoms with E-state index in [0.29, 0.717) is 0 Å². The summed E-state index contributed by atoms with van der Waals surface area (Å²) in [7, 11) is -0.552. The molecule has 0 aromatic heterocycles. The average molecular weight is 224 g/mol. The van der Waals surface area contributed by atoms with Gasteiger partial charge in [-0.2, -0.15) is 0 Å². The molecule has 0 radical (unpaired) electrons. The van der Waals surface area contributed by atoms with Crippen LogP contribution in [0.15, 0.2) is 0 Å². The first-order chi connectivity index (χ1) is 7.45. The number of hydrogen-bond donors (Lipinski definition) is 0. The molecule has 3 fully saturated rings. The fraction of sp³-hybridized carbons (Fsp3) is 1.00. The molecule has 1 heterocycles. The van der Waals surface area contributed by atoms with Crippen LogP contribution in [0.1, 0.15) is 57.8 Å². The zero-order valence-electron chi connectivity index (χ0n) is 9.79. The van der Waals surface area contributed by atoms with E-state index in [9.17, 15) is 0 Å². The highest BCUT2D eigenvalue weighted by atomic mass is 28.3. The van der Waals surface area contributed by atoms with E-state index < -0.39 is 8.80 Å². The Morgan fingerprint density at radius 1 is 0.733 bits per heavy atom. The maximum Gasteiger partial charge on any atom is 0.0778 e. The lowest BCUT2D eigenvalue weighted by atomic mass is 9.98. The second-order valence-corrected chi connectivity index (χ2v) is 9.65. The molecule has 1 aliphatic heterocycles. The van der Waals surface area contributed by atoms with Crippen LogP contribution in [0.3, 0.4) is 0 Å². The summed E-state index contributed by atoms with van der Waals surface area (Å²) in [6.07, 6.45) is 13.5. The van der Waals surface area contributed by atoms with E-state index in [-0.39, 0.29) is 0 Å². The van der Waals surface area contributed by atoms with Gasteiger partial charge in [-0.3, -0.25) is 0 Å². The molecule has 0 bridgehead atoms. The van der Waals surface area contributed by atoms with E-state index >= 15 is 0 Å². The fourth-order valence-corrected chi connectivity index (χ4v) is 9.16. The second kappa shape index (κ2) is 4.58. The van der Waals surface area contributed by atoms with Gasteiger partial charge < -0.3 is 4.74 Å². The van der Waals surface area contributed by atoms with Crippen LogP contribution in [0.25, 0.3) is 0 Å². The fourth-order valence-electron chi connectivity index (χ4n) is 3.71. The smallest absolute Gasteiger partial charge is 0.0778 e. The standard InChI is InChI=1S/C13H24OSi/c1-2-10-14-13(9-1)15(11-5-3-6-11)12-7-4-8-12/h11-13,15H,1-10H2. The summed E-state index contributed by atoms with van der Waals surface area (Å²) >= 11 is 0. The maximum absolute atomic E-state index is 6.12. The lowest BCUT2D eigenvalue weighted by molar-refractivity contribution is 0.0581. The summed E-state index contributed by atoms with van der Waals surface area (Å²) in [5.74, 6) is 0. The molecule has 1 unspecified atom stereocenters. The Bertz CT molecular complexity index is 191. The minimum Gasteiger partial charge on any atom is -0.382 e. The normalized spacial score (nSPS) is 33.8. The van der Waals surface area contributed by atoms with Gasteiger partial charge in [-0.1, -0.05) is 38.5 Å². The molecule has 2 heteroatoms. The molecule has 0 amide bonds. The number of rotatable bonds is 3. The van der Waals surface area contributed by atoms with Crippen molar-refractivity contribution in [3.8, 4) is 0 Å². The Morgan fingerprint density at radius 2 is 1.40 bits per heavy atom. The van der Waals surface area contributed by atoms with Gasteiger partial charge in [-0.05, 0) is 30.3 Å². The van der Waals surface area contributed by atoms with Gasteiger partial charge in [0.05, 0.1) is 8.80 Å². The van der Waals surface area contributed by atoms with E-state index in [0.717, 1.165) is 12.3 Å². The topological polar surface area (TPSA) is 9.23 Å². The van der Waals surface area contributed by atoms with Crippen molar-refractivity contribution in [1.29, 1.82) is 0 Å². The van der Waals surface area contributed by atoms with Crippen molar-refractivity contribution in [3.05, 3.63) is 0 Å². The summed E-state index contributed by atoms with van der Waals surface area (Å²) in [4.78, 5) is 0. The maximum atomic E-state index is 6.12. The van der Waals surface area contributed by atoms with Crippen LogP contribution in [0.2, 0.25) is 11.1 Å². The van der Waals surface area contributed by atoms with E-state index in [1.807, 2.05) is 0 Å². The molecule has 1 nitrogen and oxygen atoms in total. The summed E-state index contributed by atoms with van der Waals surface area (Å²) in [6, 6.07) is 0. The molecule has 0 aromatic rings.